The highest BCUT2D eigenvalue weighted by Crippen LogP contribution is 2.18. The molecular weight excluding hydrogens is 124 g/mol. The van der Waals surface area contributed by atoms with Crippen LogP contribution in [-0.4, -0.2) is 25.3 Å². The van der Waals surface area contributed by atoms with Crippen molar-refractivity contribution in [2.45, 2.75) is 18.9 Å². The highest BCUT2D eigenvalue weighted by atomic mass is 14.9. The summed E-state index contributed by atoms with van der Waals surface area (Å²) in [5.41, 5.74) is 1.51. The molecule has 10 heavy (non-hydrogen) atoms. The summed E-state index contributed by atoms with van der Waals surface area (Å²) in [5, 5.41) is 4.31. The van der Waals surface area contributed by atoms with Crippen molar-refractivity contribution in [1.82, 2.24) is 5.32 Å². The summed E-state index contributed by atoms with van der Waals surface area (Å²) in [6.45, 7) is 1.93. The topological polar surface area (TPSA) is 26.5 Å². The maximum absolute atomic E-state index is 4.36. The van der Waals surface area contributed by atoms with Crippen LogP contribution in [0.1, 0.15) is 12.8 Å². The minimum atomic E-state index is 0.419. The molecule has 0 amide bonds. The van der Waals surface area contributed by atoms with E-state index in [0.29, 0.717) is 6.04 Å². The molecule has 1 atom stereocenters. The van der Waals surface area contributed by atoms with Gasteiger partial charge in [-0.05, 0) is 12.0 Å². The quantitative estimate of drug-likeness (QED) is 0.438. The highest BCUT2D eigenvalue weighted by Gasteiger charge is 2.18. The molecule has 0 spiro atoms. The summed E-state index contributed by atoms with van der Waals surface area (Å²) in [7, 11) is 0. The number of aliphatic imine (C=N–C) groups is 1. The van der Waals surface area contributed by atoms with Crippen LogP contribution >= 0.6 is 0 Å². The first kappa shape index (κ1) is 6.10. The SMILES string of the molecule is C1=NC2C[N]CCC2=CC1. The summed E-state index contributed by atoms with van der Waals surface area (Å²) >= 11 is 0. The number of hydrogen-bond acceptors (Lipinski definition) is 1. The Hall–Kier alpha value is -0.630. The van der Waals surface area contributed by atoms with Crippen molar-refractivity contribution >= 4 is 6.21 Å². The number of allylic oxidation sites excluding steroid dienone is 1. The largest absolute Gasteiger partial charge is 0.288 e. The summed E-state index contributed by atoms with van der Waals surface area (Å²) in [4.78, 5) is 4.36. The molecule has 1 saturated heterocycles. The third-order valence-corrected chi connectivity index (χ3v) is 2.06. The van der Waals surface area contributed by atoms with Gasteiger partial charge in [-0.2, -0.15) is 0 Å². The summed E-state index contributed by atoms with van der Waals surface area (Å²) in [6.07, 6.45) is 6.47. The lowest BCUT2D eigenvalue weighted by Crippen LogP contribution is -2.30. The van der Waals surface area contributed by atoms with Gasteiger partial charge in [-0.15, -0.1) is 0 Å². The Morgan fingerprint density at radius 1 is 1.50 bits per heavy atom. The molecule has 2 rings (SSSR count). The smallest absolute Gasteiger partial charge is 0.0846 e. The molecule has 2 heteroatoms. The Morgan fingerprint density at radius 2 is 2.50 bits per heavy atom. The summed E-state index contributed by atoms with van der Waals surface area (Å²) in [5.74, 6) is 0. The van der Waals surface area contributed by atoms with E-state index < -0.39 is 0 Å². The molecule has 2 aliphatic heterocycles. The lowest BCUT2D eigenvalue weighted by atomic mass is 9.98. The average molecular weight is 135 g/mol. The van der Waals surface area contributed by atoms with Gasteiger partial charge in [0, 0.05) is 25.7 Å². The minimum Gasteiger partial charge on any atom is -0.288 e. The molecule has 0 aromatic heterocycles. The zero-order valence-corrected chi connectivity index (χ0v) is 5.95. The fraction of sp³-hybridized carbons (Fsp3) is 0.625. The van der Waals surface area contributed by atoms with E-state index in [4.69, 9.17) is 0 Å². The number of piperidine rings is 1. The number of fused-ring (bicyclic) bond motifs is 1. The maximum atomic E-state index is 4.36. The Morgan fingerprint density at radius 3 is 3.40 bits per heavy atom. The zero-order valence-electron chi connectivity index (χ0n) is 5.95. The van der Waals surface area contributed by atoms with Crippen LogP contribution in [0.5, 0.6) is 0 Å². The Labute approximate surface area is 61.0 Å². The van der Waals surface area contributed by atoms with Gasteiger partial charge in [0.25, 0.3) is 0 Å². The molecule has 0 aromatic carbocycles. The lowest BCUT2D eigenvalue weighted by Gasteiger charge is -2.23. The van der Waals surface area contributed by atoms with Gasteiger partial charge in [-0.1, -0.05) is 6.08 Å². The van der Waals surface area contributed by atoms with Gasteiger partial charge < -0.3 is 0 Å². The predicted molar refractivity (Wildman–Crippen MR) is 41.5 cm³/mol. The standard InChI is InChI=1S/C8H11N2/c1-2-7-3-5-9-6-8(7)10-4-1/h2,4,8H,1,3,5-6H2. The van der Waals surface area contributed by atoms with Crippen molar-refractivity contribution in [3.63, 3.8) is 0 Å². The van der Waals surface area contributed by atoms with Gasteiger partial charge in [0.2, 0.25) is 0 Å². The first-order valence-electron chi connectivity index (χ1n) is 3.80. The molecule has 0 saturated carbocycles. The van der Waals surface area contributed by atoms with Crippen LogP contribution in [0.2, 0.25) is 0 Å². The van der Waals surface area contributed by atoms with Gasteiger partial charge in [-0.25, -0.2) is 5.32 Å². The number of hydrogen-bond donors (Lipinski definition) is 0. The van der Waals surface area contributed by atoms with E-state index in [-0.39, 0.29) is 0 Å². The summed E-state index contributed by atoms with van der Waals surface area (Å²) in [6, 6.07) is 0.419. The fourth-order valence-corrected chi connectivity index (χ4v) is 1.48. The van der Waals surface area contributed by atoms with Crippen LogP contribution < -0.4 is 5.32 Å². The molecule has 53 valence electrons. The van der Waals surface area contributed by atoms with E-state index >= 15 is 0 Å². The van der Waals surface area contributed by atoms with Gasteiger partial charge in [0.15, 0.2) is 0 Å². The third-order valence-electron chi connectivity index (χ3n) is 2.06. The number of rotatable bonds is 0. The van der Waals surface area contributed by atoms with Crippen LogP contribution in [-0.2, 0) is 0 Å². The van der Waals surface area contributed by atoms with Gasteiger partial charge in [-0.3, -0.25) is 4.99 Å². The average Bonchev–Trinajstić information content (AvgIpc) is 2.05. The van der Waals surface area contributed by atoms with Crippen LogP contribution in [0, 0.1) is 0 Å². The molecule has 1 fully saturated rings. The van der Waals surface area contributed by atoms with E-state index in [1.54, 1.807) is 0 Å². The van der Waals surface area contributed by atoms with Crippen molar-refractivity contribution in [3.8, 4) is 0 Å². The molecule has 0 bridgehead atoms. The van der Waals surface area contributed by atoms with E-state index in [9.17, 15) is 0 Å². The van der Waals surface area contributed by atoms with Gasteiger partial charge in [0.1, 0.15) is 0 Å². The van der Waals surface area contributed by atoms with Gasteiger partial charge in [0.05, 0.1) is 6.04 Å². The van der Waals surface area contributed by atoms with Crippen molar-refractivity contribution < 1.29 is 0 Å². The minimum absolute atomic E-state index is 0.419. The second kappa shape index (κ2) is 2.54. The molecule has 1 radical (unpaired) electrons. The fourth-order valence-electron chi connectivity index (χ4n) is 1.48. The molecule has 0 aliphatic carbocycles. The van der Waals surface area contributed by atoms with Crippen molar-refractivity contribution in [2.24, 2.45) is 4.99 Å². The van der Waals surface area contributed by atoms with Crippen LogP contribution in [0.4, 0.5) is 0 Å². The molecule has 1 unspecified atom stereocenters. The normalized spacial score (nSPS) is 31.2. The monoisotopic (exact) mass is 135 g/mol. The predicted octanol–water partition coefficient (Wildman–Crippen LogP) is 0.764. The molecule has 0 N–H and O–H groups in total. The third kappa shape index (κ3) is 0.991. The Bertz CT molecular complexity index is 182. The molecule has 2 nitrogen and oxygen atoms in total. The first-order chi connectivity index (χ1) is 4.97. The lowest BCUT2D eigenvalue weighted by molar-refractivity contribution is 0.539. The maximum Gasteiger partial charge on any atom is 0.0846 e. The van der Waals surface area contributed by atoms with Gasteiger partial charge >= 0.3 is 0 Å². The van der Waals surface area contributed by atoms with Crippen molar-refractivity contribution in [2.75, 3.05) is 13.1 Å². The van der Waals surface area contributed by atoms with Crippen LogP contribution in [0.15, 0.2) is 16.6 Å². The summed E-state index contributed by atoms with van der Waals surface area (Å²) < 4.78 is 0. The molecular formula is C8H11N2. The second-order valence-electron chi connectivity index (χ2n) is 2.74. The Kier molecular flexibility index (Phi) is 1.55. The van der Waals surface area contributed by atoms with E-state index in [2.05, 4.69) is 16.4 Å². The van der Waals surface area contributed by atoms with E-state index in [1.165, 1.54) is 5.57 Å². The van der Waals surface area contributed by atoms with Crippen molar-refractivity contribution in [3.05, 3.63) is 11.6 Å². The number of dihydropyridines is 1. The first-order valence-corrected chi connectivity index (χ1v) is 3.80. The van der Waals surface area contributed by atoms with Crippen LogP contribution in [0.25, 0.3) is 0 Å². The molecule has 2 heterocycles. The molecule has 0 aromatic rings. The molecule has 2 aliphatic rings. The number of nitrogens with zero attached hydrogens (tertiary/aromatic N) is 2. The van der Waals surface area contributed by atoms with E-state index in [1.807, 2.05) is 6.21 Å². The van der Waals surface area contributed by atoms with Crippen LogP contribution in [0.3, 0.4) is 0 Å². The van der Waals surface area contributed by atoms with E-state index in [0.717, 1.165) is 25.9 Å². The second-order valence-corrected chi connectivity index (χ2v) is 2.74. The van der Waals surface area contributed by atoms with Crippen molar-refractivity contribution in [1.29, 1.82) is 0 Å². The Balaban J connectivity index is 2.13. The zero-order chi connectivity index (χ0) is 6.81. The highest BCUT2D eigenvalue weighted by molar-refractivity contribution is 5.62.